The fourth-order valence-corrected chi connectivity index (χ4v) is 3.45. The predicted molar refractivity (Wildman–Crippen MR) is 83.7 cm³/mol. The number of carbonyl (C=O) groups is 2. The third-order valence-electron chi connectivity index (χ3n) is 3.71. The monoisotopic (exact) mass is 307 g/mol. The SMILES string of the molecule is CC1CCCN(C(=O)c2ccccc2SC(C)C(=O)O)C1. The minimum Gasteiger partial charge on any atom is -0.480 e. The number of likely N-dealkylation sites (tertiary alicyclic amines) is 1. The smallest absolute Gasteiger partial charge is 0.316 e. The third-order valence-corrected chi connectivity index (χ3v) is 4.88. The van der Waals surface area contributed by atoms with Gasteiger partial charge in [0, 0.05) is 18.0 Å². The van der Waals surface area contributed by atoms with Crippen molar-refractivity contribution < 1.29 is 14.7 Å². The number of carbonyl (C=O) groups excluding carboxylic acids is 1. The van der Waals surface area contributed by atoms with Gasteiger partial charge in [0.15, 0.2) is 0 Å². The van der Waals surface area contributed by atoms with E-state index in [4.69, 9.17) is 5.11 Å². The Balaban J connectivity index is 2.18. The Labute approximate surface area is 129 Å². The van der Waals surface area contributed by atoms with E-state index in [1.807, 2.05) is 23.1 Å². The molecule has 2 rings (SSSR count). The normalized spacial score (nSPS) is 20.1. The fraction of sp³-hybridized carbons (Fsp3) is 0.500. The summed E-state index contributed by atoms with van der Waals surface area (Å²) >= 11 is 1.22. The van der Waals surface area contributed by atoms with Gasteiger partial charge in [0.2, 0.25) is 0 Å². The molecule has 1 aromatic rings. The van der Waals surface area contributed by atoms with Gasteiger partial charge in [-0.1, -0.05) is 19.1 Å². The van der Waals surface area contributed by atoms with E-state index in [1.54, 1.807) is 13.0 Å². The molecule has 1 heterocycles. The van der Waals surface area contributed by atoms with Gasteiger partial charge < -0.3 is 10.0 Å². The number of hydrogen-bond acceptors (Lipinski definition) is 3. The molecular weight excluding hydrogens is 286 g/mol. The second-order valence-corrected chi connectivity index (χ2v) is 6.98. The molecule has 1 aliphatic rings. The minimum atomic E-state index is -0.867. The summed E-state index contributed by atoms with van der Waals surface area (Å²) < 4.78 is 0. The van der Waals surface area contributed by atoms with Crippen LogP contribution in [0, 0.1) is 5.92 Å². The van der Waals surface area contributed by atoms with Crippen LogP contribution in [0.3, 0.4) is 0 Å². The highest BCUT2D eigenvalue weighted by molar-refractivity contribution is 8.00. The van der Waals surface area contributed by atoms with Gasteiger partial charge >= 0.3 is 5.97 Å². The first-order valence-corrected chi connectivity index (χ1v) is 8.14. The average molecular weight is 307 g/mol. The highest BCUT2D eigenvalue weighted by atomic mass is 32.2. The molecule has 2 unspecified atom stereocenters. The van der Waals surface area contributed by atoms with Gasteiger partial charge in [0.25, 0.3) is 5.91 Å². The molecule has 114 valence electrons. The van der Waals surface area contributed by atoms with Crippen LogP contribution in [0.1, 0.15) is 37.0 Å². The number of piperidine rings is 1. The van der Waals surface area contributed by atoms with Crippen LogP contribution >= 0.6 is 11.8 Å². The standard InChI is InChI=1S/C16H21NO3S/c1-11-6-5-9-17(10-11)15(18)13-7-3-4-8-14(13)21-12(2)16(19)20/h3-4,7-8,11-12H,5-6,9-10H2,1-2H3,(H,19,20). The van der Waals surface area contributed by atoms with Crippen molar-refractivity contribution in [3.63, 3.8) is 0 Å². The number of carboxylic acid groups (broad SMARTS) is 1. The molecule has 5 heteroatoms. The number of aliphatic carboxylic acids is 1. The van der Waals surface area contributed by atoms with E-state index in [0.29, 0.717) is 11.5 Å². The Kier molecular flexibility index (Phi) is 5.28. The lowest BCUT2D eigenvalue weighted by Crippen LogP contribution is -2.39. The molecule has 0 spiro atoms. The first kappa shape index (κ1) is 15.9. The van der Waals surface area contributed by atoms with E-state index in [-0.39, 0.29) is 5.91 Å². The van der Waals surface area contributed by atoms with E-state index in [0.717, 1.165) is 30.8 Å². The molecule has 0 aromatic heterocycles. The second kappa shape index (κ2) is 6.98. The summed E-state index contributed by atoms with van der Waals surface area (Å²) in [7, 11) is 0. The lowest BCUT2D eigenvalue weighted by Gasteiger charge is -2.31. The number of benzene rings is 1. The molecule has 0 aliphatic carbocycles. The van der Waals surface area contributed by atoms with Crippen molar-refractivity contribution in [1.82, 2.24) is 4.90 Å². The van der Waals surface area contributed by atoms with Crippen molar-refractivity contribution in [2.24, 2.45) is 5.92 Å². The largest absolute Gasteiger partial charge is 0.480 e. The van der Waals surface area contributed by atoms with Gasteiger partial charge in [0.05, 0.1) is 5.56 Å². The molecule has 1 N–H and O–H groups in total. The molecule has 1 amide bonds. The van der Waals surface area contributed by atoms with Gasteiger partial charge in [0.1, 0.15) is 5.25 Å². The Bertz CT molecular complexity index is 532. The zero-order chi connectivity index (χ0) is 15.4. The highest BCUT2D eigenvalue weighted by Gasteiger charge is 2.25. The highest BCUT2D eigenvalue weighted by Crippen LogP contribution is 2.29. The summed E-state index contributed by atoms with van der Waals surface area (Å²) in [5.74, 6) is -0.323. The number of carboxylic acids is 1. The van der Waals surface area contributed by atoms with Crippen LogP contribution in [0.2, 0.25) is 0 Å². The first-order valence-electron chi connectivity index (χ1n) is 7.26. The van der Waals surface area contributed by atoms with Crippen LogP contribution < -0.4 is 0 Å². The molecule has 1 aromatic carbocycles. The summed E-state index contributed by atoms with van der Waals surface area (Å²) in [5.41, 5.74) is 0.615. The van der Waals surface area contributed by atoms with Crippen LogP contribution in [-0.4, -0.2) is 40.2 Å². The molecule has 2 atom stereocenters. The molecule has 4 nitrogen and oxygen atoms in total. The number of rotatable bonds is 4. The van der Waals surface area contributed by atoms with E-state index >= 15 is 0 Å². The van der Waals surface area contributed by atoms with Crippen LogP contribution in [0.5, 0.6) is 0 Å². The molecule has 0 radical (unpaired) electrons. The summed E-state index contributed by atoms with van der Waals surface area (Å²) in [6.07, 6.45) is 2.20. The maximum Gasteiger partial charge on any atom is 0.316 e. The van der Waals surface area contributed by atoms with Gasteiger partial charge in [-0.2, -0.15) is 0 Å². The lowest BCUT2D eigenvalue weighted by atomic mass is 9.99. The summed E-state index contributed by atoms with van der Waals surface area (Å²) in [6, 6.07) is 7.28. The molecule has 0 bridgehead atoms. The molecular formula is C16H21NO3S. The maximum atomic E-state index is 12.7. The lowest BCUT2D eigenvalue weighted by molar-refractivity contribution is -0.136. The number of hydrogen-bond donors (Lipinski definition) is 1. The zero-order valence-electron chi connectivity index (χ0n) is 12.4. The van der Waals surface area contributed by atoms with E-state index in [9.17, 15) is 9.59 Å². The molecule has 1 aliphatic heterocycles. The van der Waals surface area contributed by atoms with E-state index in [2.05, 4.69) is 6.92 Å². The summed E-state index contributed by atoms with van der Waals surface area (Å²) in [6.45, 7) is 5.37. The molecule has 1 saturated heterocycles. The van der Waals surface area contributed by atoms with Crippen molar-refractivity contribution in [2.75, 3.05) is 13.1 Å². The van der Waals surface area contributed by atoms with E-state index < -0.39 is 11.2 Å². The van der Waals surface area contributed by atoms with Gasteiger partial charge in [-0.25, -0.2) is 0 Å². The molecule has 0 saturated carbocycles. The number of amides is 1. The number of nitrogens with zero attached hydrogens (tertiary/aromatic N) is 1. The Hall–Kier alpha value is -1.49. The average Bonchev–Trinajstić information content (AvgIpc) is 2.47. The van der Waals surface area contributed by atoms with Crippen LogP contribution in [0.4, 0.5) is 0 Å². The Morgan fingerprint density at radius 2 is 2.10 bits per heavy atom. The van der Waals surface area contributed by atoms with Gasteiger partial charge in [-0.3, -0.25) is 9.59 Å². The zero-order valence-corrected chi connectivity index (χ0v) is 13.2. The minimum absolute atomic E-state index is 0.0160. The van der Waals surface area contributed by atoms with Crippen LogP contribution in [-0.2, 0) is 4.79 Å². The third kappa shape index (κ3) is 4.00. The quantitative estimate of drug-likeness (QED) is 0.868. The van der Waals surface area contributed by atoms with Crippen molar-refractivity contribution in [1.29, 1.82) is 0 Å². The fourth-order valence-electron chi connectivity index (χ4n) is 2.53. The van der Waals surface area contributed by atoms with Crippen LogP contribution in [0.15, 0.2) is 29.2 Å². The Morgan fingerprint density at radius 3 is 2.76 bits per heavy atom. The topological polar surface area (TPSA) is 57.6 Å². The van der Waals surface area contributed by atoms with Crippen LogP contribution in [0.25, 0.3) is 0 Å². The van der Waals surface area contributed by atoms with Crippen molar-refractivity contribution >= 4 is 23.6 Å². The van der Waals surface area contributed by atoms with Crippen molar-refractivity contribution in [3.8, 4) is 0 Å². The number of thioether (sulfide) groups is 1. The second-order valence-electron chi connectivity index (χ2n) is 5.59. The van der Waals surface area contributed by atoms with Crippen molar-refractivity contribution in [2.45, 2.75) is 36.8 Å². The van der Waals surface area contributed by atoms with Gasteiger partial charge in [-0.15, -0.1) is 11.8 Å². The predicted octanol–water partition coefficient (Wildman–Crippen LogP) is 3.12. The van der Waals surface area contributed by atoms with E-state index in [1.165, 1.54) is 11.8 Å². The first-order chi connectivity index (χ1) is 9.99. The van der Waals surface area contributed by atoms with Gasteiger partial charge in [-0.05, 0) is 37.8 Å². The summed E-state index contributed by atoms with van der Waals surface area (Å²) in [4.78, 5) is 26.3. The molecule has 21 heavy (non-hydrogen) atoms. The maximum absolute atomic E-state index is 12.7. The summed E-state index contributed by atoms with van der Waals surface area (Å²) in [5, 5.41) is 8.47. The molecule has 1 fully saturated rings. The Morgan fingerprint density at radius 1 is 1.38 bits per heavy atom. The van der Waals surface area contributed by atoms with Crippen molar-refractivity contribution in [3.05, 3.63) is 29.8 Å².